The minimum absolute atomic E-state index is 0.0123. The third-order valence-electron chi connectivity index (χ3n) is 6.87. The molecule has 0 saturated carbocycles. The van der Waals surface area contributed by atoms with Gasteiger partial charge in [0.1, 0.15) is 17.2 Å². The van der Waals surface area contributed by atoms with E-state index >= 15 is 0 Å². The Hall–Kier alpha value is -4.90. The second-order valence-corrected chi connectivity index (χ2v) is 11.1. The number of phenols is 1. The number of nitrogens with two attached hydrogens (primary N) is 1. The number of alkyl halides is 3. The molecule has 0 spiro atoms. The molecule has 1 aromatic heterocycles. The van der Waals surface area contributed by atoms with Crippen LogP contribution in [-0.2, 0) is 37.1 Å². The van der Waals surface area contributed by atoms with Gasteiger partial charge in [0.15, 0.2) is 12.4 Å². The lowest BCUT2D eigenvalue weighted by atomic mass is 10.0. The topological polar surface area (TPSA) is 197 Å². The Morgan fingerprint density at radius 3 is 2.40 bits per heavy atom. The number of hydrogen-bond donors (Lipinski definition) is 4. The van der Waals surface area contributed by atoms with E-state index in [4.69, 9.17) is 15.6 Å². The Labute approximate surface area is 257 Å². The van der Waals surface area contributed by atoms with Crippen LogP contribution in [0.2, 0.25) is 0 Å². The number of rotatable bonds is 7. The van der Waals surface area contributed by atoms with Crippen molar-refractivity contribution < 1.29 is 57.0 Å². The van der Waals surface area contributed by atoms with Crippen LogP contribution in [0.4, 0.5) is 18.9 Å². The van der Waals surface area contributed by atoms with E-state index in [1.165, 1.54) is 17.8 Å². The Bertz CT molecular complexity index is 1600. The molecule has 2 fully saturated rings. The maximum absolute atomic E-state index is 13.0. The smallest absolute Gasteiger partial charge is 0.490 e. The highest BCUT2D eigenvalue weighted by Crippen LogP contribution is 2.40. The number of pyridine rings is 1. The predicted molar refractivity (Wildman–Crippen MR) is 148 cm³/mol. The van der Waals surface area contributed by atoms with Gasteiger partial charge in [-0.3, -0.25) is 19.3 Å². The number of halogens is 3. The van der Waals surface area contributed by atoms with Crippen molar-refractivity contribution in [1.29, 1.82) is 0 Å². The van der Waals surface area contributed by atoms with Crippen molar-refractivity contribution in [2.75, 3.05) is 17.6 Å². The van der Waals surface area contributed by atoms with Gasteiger partial charge in [-0.1, -0.05) is 12.1 Å². The third-order valence-corrected chi connectivity index (χ3v) is 8.20. The molecule has 2 atom stereocenters. The largest absolute Gasteiger partial charge is 0.543 e. The standard InChI is InChI=1S/C26H25N5O6S.C2HF3O2/c27-21-24(35)31-22(26(36)37)17(14-38-25(21)31)11-16-7-10-30(23(16)34)12-15-5-8-29(9-6-15)13-20(33)28-18-3-1-2-4-19(18)32;3-2(4,5)1(6)7/h1-6,8-9,11,21,25H,7,10,12-14,27H2,(H2-,28,32,33,36,37);(H,6,7)/b16-11+;/t21-,25-;/m1./s1. The molecule has 0 aliphatic carbocycles. The number of fused-ring (bicyclic) bond motifs is 1. The van der Waals surface area contributed by atoms with Crippen LogP contribution < -0.4 is 20.7 Å². The lowest BCUT2D eigenvalue weighted by Crippen LogP contribution is -2.69. The lowest BCUT2D eigenvalue weighted by molar-refractivity contribution is -0.684. The zero-order chi connectivity index (χ0) is 33.1. The fourth-order valence-corrected chi connectivity index (χ4v) is 5.91. The van der Waals surface area contributed by atoms with Gasteiger partial charge < -0.3 is 36.1 Å². The number of aromatic hydroxyl groups is 1. The van der Waals surface area contributed by atoms with Gasteiger partial charge in [-0.15, -0.1) is 11.8 Å². The zero-order valence-electron chi connectivity index (χ0n) is 23.2. The number of hydrogen-bond acceptors (Lipinski definition) is 9. The van der Waals surface area contributed by atoms with E-state index in [1.54, 1.807) is 46.1 Å². The zero-order valence-corrected chi connectivity index (χ0v) is 24.0. The Balaban J connectivity index is 0.000000591. The Morgan fingerprint density at radius 1 is 1.16 bits per heavy atom. The highest BCUT2D eigenvalue weighted by molar-refractivity contribution is 8.00. The van der Waals surface area contributed by atoms with E-state index in [0.717, 1.165) is 10.5 Å². The van der Waals surface area contributed by atoms with Crippen LogP contribution in [0.5, 0.6) is 5.75 Å². The molecule has 3 amide bonds. The van der Waals surface area contributed by atoms with Crippen molar-refractivity contribution in [3.05, 3.63) is 77.3 Å². The van der Waals surface area contributed by atoms with E-state index in [-0.39, 0.29) is 29.8 Å². The van der Waals surface area contributed by atoms with Crippen molar-refractivity contribution in [1.82, 2.24) is 9.80 Å². The van der Waals surface area contributed by atoms with E-state index in [2.05, 4.69) is 5.32 Å². The van der Waals surface area contributed by atoms with E-state index < -0.39 is 35.4 Å². The van der Waals surface area contributed by atoms with Gasteiger partial charge >= 0.3 is 12.1 Å². The summed E-state index contributed by atoms with van der Waals surface area (Å²) in [6, 6.07) is 9.37. The first-order valence-corrected chi connectivity index (χ1v) is 14.2. The average Bonchev–Trinajstić information content (AvgIpc) is 3.32. The van der Waals surface area contributed by atoms with E-state index in [0.29, 0.717) is 42.1 Å². The highest BCUT2D eigenvalue weighted by Gasteiger charge is 2.50. The van der Waals surface area contributed by atoms with Crippen molar-refractivity contribution in [3.63, 3.8) is 0 Å². The number of benzene rings is 1. The first-order valence-electron chi connectivity index (χ1n) is 13.2. The van der Waals surface area contributed by atoms with Gasteiger partial charge in [0.25, 0.3) is 5.91 Å². The average molecular weight is 650 g/mol. The van der Waals surface area contributed by atoms with Crippen LogP contribution in [0.3, 0.4) is 0 Å². The fourth-order valence-electron chi connectivity index (χ4n) is 4.66. The molecular formula is C28H26F3N5O8S. The second-order valence-electron chi connectivity index (χ2n) is 9.99. The van der Waals surface area contributed by atoms with Crippen molar-refractivity contribution in [2.45, 2.75) is 37.1 Å². The highest BCUT2D eigenvalue weighted by atomic mass is 32.2. The molecule has 0 bridgehead atoms. The van der Waals surface area contributed by atoms with Crippen molar-refractivity contribution >= 4 is 47.1 Å². The maximum atomic E-state index is 13.0. The number of carbonyl (C=O) groups is 5. The van der Waals surface area contributed by atoms with Crippen molar-refractivity contribution in [3.8, 4) is 5.75 Å². The number of likely N-dealkylation sites (tertiary alicyclic amines) is 1. The monoisotopic (exact) mass is 649 g/mol. The molecule has 3 aliphatic rings. The number of allylic oxidation sites excluding steroid dienone is 1. The molecule has 3 aliphatic heterocycles. The number of carboxylic acids is 2. The van der Waals surface area contributed by atoms with Crippen LogP contribution in [0.15, 0.2) is 71.7 Å². The van der Waals surface area contributed by atoms with Crippen LogP contribution in [0.1, 0.15) is 12.0 Å². The number of amides is 3. The first kappa shape index (κ1) is 33.0. The number of phenolic OH excluding ortho intramolecular Hbond substituents is 1. The number of aromatic nitrogens is 1. The SMILES string of the molecule is N[C@@H]1C(=O)N2C(C(=O)[O-])=C(/C=C3\CCN(Cc4cc[n+](CC(=O)Nc5ccccc5O)cc4)C3=O)CS[C@H]12.O=C(O)C(F)(F)F. The molecule has 17 heteroatoms. The maximum Gasteiger partial charge on any atom is 0.490 e. The lowest BCUT2D eigenvalue weighted by Gasteiger charge is -2.49. The predicted octanol–water partition coefficient (Wildman–Crippen LogP) is -0.143. The normalized spacial score (nSPS) is 20.3. The first-order chi connectivity index (χ1) is 21.2. The number of carbonyl (C=O) groups excluding carboxylic acids is 4. The summed E-state index contributed by atoms with van der Waals surface area (Å²) in [5, 5.41) is 31.0. The summed E-state index contributed by atoms with van der Waals surface area (Å²) < 4.78 is 33.4. The summed E-state index contributed by atoms with van der Waals surface area (Å²) in [6.45, 7) is 0.868. The summed E-state index contributed by atoms with van der Waals surface area (Å²) in [5.74, 6) is -4.88. The molecule has 2 saturated heterocycles. The van der Waals surface area contributed by atoms with Gasteiger partial charge in [0.05, 0.1) is 17.4 Å². The molecule has 2 aromatic rings. The number of thioether (sulfide) groups is 1. The molecule has 5 N–H and O–H groups in total. The summed E-state index contributed by atoms with van der Waals surface area (Å²) in [4.78, 5) is 61.0. The van der Waals surface area contributed by atoms with Crippen LogP contribution >= 0.6 is 11.8 Å². The van der Waals surface area contributed by atoms with Crippen LogP contribution in [0.25, 0.3) is 0 Å². The van der Waals surface area contributed by atoms with Gasteiger partial charge in [-0.2, -0.15) is 17.7 Å². The summed E-state index contributed by atoms with van der Waals surface area (Å²) in [6.07, 6.45) is 0.399. The molecule has 1 aromatic carbocycles. The van der Waals surface area contributed by atoms with E-state index in [1.807, 2.05) is 12.1 Å². The summed E-state index contributed by atoms with van der Waals surface area (Å²) in [5.41, 5.74) is 7.61. The van der Waals surface area contributed by atoms with Crippen molar-refractivity contribution in [2.24, 2.45) is 5.73 Å². The van der Waals surface area contributed by atoms with Gasteiger partial charge in [-0.25, -0.2) is 4.79 Å². The third kappa shape index (κ3) is 7.61. The molecular weight excluding hydrogens is 623 g/mol. The quantitative estimate of drug-likeness (QED) is 0.136. The van der Waals surface area contributed by atoms with E-state index in [9.17, 15) is 42.6 Å². The molecule has 0 unspecified atom stereocenters. The number of anilines is 1. The number of β-lactam (4-membered cyclic amide) rings is 1. The van der Waals surface area contributed by atoms with Gasteiger partial charge in [0.2, 0.25) is 18.4 Å². The second kappa shape index (κ2) is 13.4. The van der Waals surface area contributed by atoms with Crippen LogP contribution in [0, 0.1) is 0 Å². The molecule has 238 valence electrons. The summed E-state index contributed by atoms with van der Waals surface area (Å²) >= 11 is 1.37. The molecule has 0 radical (unpaired) electrons. The number of aliphatic carboxylic acids is 2. The molecule has 13 nitrogen and oxygen atoms in total. The van der Waals surface area contributed by atoms with Crippen LogP contribution in [-0.4, -0.2) is 79.6 Å². The molecule has 45 heavy (non-hydrogen) atoms. The summed E-state index contributed by atoms with van der Waals surface area (Å²) in [7, 11) is 0. The number of nitrogens with zero attached hydrogens (tertiary/aromatic N) is 3. The Morgan fingerprint density at radius 2 is 1.80 bits per heavy atom. The number of carboxylic acid groups (broad SMARTS) is 2. The number of para-hydroxylation sites is 2. The molecule has 5 rings (SSSR count). The number of nitrogens with one attached hydrogen (secondary N) is 1. The minimum Gasteiger partial charge on any atom is -0.543 e. The van der Waals surface area contributed by atoms with Gasteiger partial charge in [0, 0.05) is 36.5 Å². The minimum atomic E-state index is -5.08. The van der Waals surface area contributed by atoms with Gasteiger partial charge in [-0.05, 0) is 35.8 Å². The molecule has 4 heterocycles. The fraction of sp³-hybridized carbons (Fsp3) is 0.286. The Kier molecular flexibility index (Phi) is 9.82.